The lowest BCUT2D eigenvalue weighted by Crippen LogP contribution is -2.31. The Morgan fingerprint density at radius 1 is 1.21 bits per heavy atom. The highest BCUT2D eigenvalue weighted by atomic mass is 19.4. The zero-order valence-electron chi connectivity index (χ0n) is 11.1. The molecule has 0 spiro atoms. The van der Waals surface area contributed by atoms with Gasteiger partial charge in [0, 0.05) is 6.42 Å². The van der Waals surface area contributed by atoms with Gasteiger partial charge in [-0.1, -0.05) is 26.8 Å². The molecule has 0 aliphatic heterocycles. The summed E-state index contributed by atoms with van der Waals surface area (Å²) in [4.78, 5) is 11.1. The molecular formula is C14H16F4O. The molecule has 0 fully saturated rings. The molecule has 1 aromatic rings. The number of hydrogen-bond donors (Lipinski definition) is 0. The van der Waals surface area contributed by atoms with E-state index in [1.54, 1.807) is 20.8 Å². The molecule has 0 aliphatic rings. The fourth-order valence-corrected chi connectivity index (χ4v) is 2.11. The molecule has 0 saturated carbocycles. The molecule has 0 unspecified atom stereocenters. The van der Waals surface area contributed by atoms with Crippen LogP contribution >= 0.6 is 0 Å². The van der Waals surface area contributed by atoms with Gasteiger partial charge in [-0.05, 0) is 35.1 Å². The van der Waals surface area contributed by atoms with Gasteiger partial charge in [-0.2, -0.15) is 13.2 Å². The van der Waals surface area contributed by atoms with Crippen molar-refractivity contribution < 1.29 is 22.4 Å². The summed E-state index contributed by atoms with van der Waals surface area (Å²) in [6.45, 7) is 4.91. The van der Waals surface area contributed by atoms with Crippen LogP contribution in [0.1, 0.15) is 38.3 Å². The Balaban J connectivity index is 3.10. The Morgan fingerprint density at radius 2 is 1.79 bits per heavy atom. The number of benzene rings is 1. The lowest BCUT2D eigenvalue weighted by Gasteiger charge is -2.27. The first kappa shape index (κ1) is 15.7. The molecule has 5 heteroatoms. The van der Waals surface area contributed by atoms with Crippen molar-refractivity contribution in [1.29, 1.82) is 0 Å². The molecule has 0 N–H and O–H groups in total. The first-order valence-electron chi connectivity index (χ1n) is 5.97. The summed E-state index contributed by atoms with van der Waals surface area (Å²) in [6.07, 6.45) is -4.98. The number of aryl methyl sites for hydroxylation is 1. The van der Waals surface area contributed by atoms with Crippen molar-refractivity contribution in [3.8, 4) is 0 Å². The van der Waals surface area contributed by atoms with E-state index in [4.69, 9.17) is 0 Å². The van der Waals surface area contributed by atoms with Crippen molar-refractivity contribution in [2.75, 3.05) is 0 Å². The zero-order valence-corrected chi connectivity index (χ0v) is 11.1. The minimum absolute atomic E-state index is 0.432. The maximum absolute atomic E-state index is 13.1. The third-order valence-corrected chi connectivity index (χ3v) is 3.10. The Morgan fingerprint density at radius 3 is 2.26 bits per heavy atom. The summed E-state index contributed by atoms with van der Waals surface area (Å²) in [5.74, 6) is -2.19. The van der Waals surface area contributed by atoms with Crippen LogP contribution in [0.2, 0.25) is 0 Å². The molecule has 0 atom stereocenters. The molecule has 0 aromatic heterocycles. The molecule has 0 amide bonds. The van der Waals surface area contributed by atoms with Gasteiger partial charge in [-0.25, -0.2) is 4.39 Å². The SMILES string of the molecule is CCc1cc(F)ccc1C(C)(C)CC(=O)C(F)(F)F. The van der Waals surface area contributed by atoms with Crippen molar-refractivity contribution in [3.05, 3.63) is 35.1 Å². The van der Waals surface area contributed by atoms with E-state index in [0.29, 0.717) is 17.5 Å². The highest BCUT2D eigenvalue weighted by Crippen LogP contribution is 2.33. The number of halogens is 4. The Bertz CT molecular complexity index is 475. The monoisotopic (exact) mass is 276 g/mol. The number of carbonyl (C=O) groups excluding carboxylic acids is 1. The number of rotatable bonds is 4. The fraction of sp³-hybridized carbons (Fsp3) is 0.500. The summed E-state index contributed by atoms with van der Waals surface area (Å²) < 4.78 is 50.1. The summed E-state index contributed by atoms with van der Waals surface area (Å²) >= 11 is 0. The lowest BCUT2D eigenvalue weighted by atomic mass is 9.77. The first-order chi connectivity index (χ1) is 8.58. The van der Waals surface area contributed by atoms with Gasteiger partial charge in [-0.3, -0.25) is 4.79 Å². The van der Waals surface area contributed by atoms with Crippen LogP contribution < -0.4 is 0 Å². The van der Waals surface area contributed by atoms with Gasteiger partial charge in [0.05, 0.1) is 0 Å². The number of carbonyl (C=O) groups is 1. The molecule has 0 radical (unpaired) electrons. The second-order valence-corrected chi connectivity index (χ2v) is 5.14. The van der Waals surface area contributed by atoms with Crippen LogP contribution in [-0.2, 0) is 16.6 Å². The highest BCUT2D eigenvalue weighted by molar-refractivity contribution is 5.85. The van der Waals surface area contributed by atoms with Crippen molar-refractivity contribution in [2.45, 2.75) is 45.2 Å². The van der Waals surface area contributed by atoms with E-state index in [2.05, 4.69) is 0 Å². The molecule has 19 heavy (non-hydrogen) atoms. The third-order valence-electron chi connectivity index (χ3n) is 3.10. The van der Waals surface area contributed by atoms with E-state index >= 15 is 0 Å². The summed E-state index contributed by atoms with van der Waals surface area (Å²) in [6, 6.07) is 3.96. The van der Waals surface area contributed by atoms with Crippen molar-refractivity contribution >= 4 is 5.78 Å². The quantitative estimate of drug-likeness (QED) is 0.754. The maximum Gasteiger partial charge on any atom is 0.450 e. The number of hydrogen-bond acceptors (Lipinski definition) is 1. The van der Waals surface area contributed by atoms with Crippen LogP contribution in [0.3, 0.4) is 0 Å². The first-order valence-corrected chi connectivity index (χ1v) is 5.97. The van der Waals surface area contributed by atoms with Crippen LogP contribution in [-0.4, -0.2) is 12.0 Å². The van der Waals surface area contributed by atoms with E-state index in [0.717, 1.165) is 0 Å². The van der Waals surface area contributed by atoms with Crippen LogP contribution in [0.25, 0.3) is 0 Å². The predicted octanol–water partition coefficient (Wildman–Crippen LogP) is 4.19. The zero-order chi connectivity index (χ0) is 14.8. The lowest BCUT2D eigenvalue weighted by molar-refractivity contribution is -0.172. The number of Topliss-reactive ketones (excluding diaryl/α,β-unsaturated/α-hetero) is 1. The average molecular weight is 276 g/mol. The fourth-order valence-electron chi connectivity index (χ4n) is 2.11. The van der Waals surface area contributed by atoms with Gasteiger partial charge in [0.2, 0.25) is 5.78 Å². The van der Waals surface area contributed by atoms with Crippen LogP contribution in [0.5, 0.6) is 0 Å². The van der Waals surface area contributed by atoms with Gasteiger partial charge >= 0.3 is 6.18 Å². The second kappa shape index (κ2) is 5.31. The molecule has 0 heterocycles. The minimum Gasteiger partial charge on any atom is -0.290 e. The molecule has 106 valence electrons. The van der Waals surface area contributed by atoms with Gasteiger partial charge in [-0.15, -0.1) is 0 Å². The summed E-state index contributed by atoms with van der Waals surface area (Å²) in [7, 11) is 0. The Kier molecular flexibility index (Phi) is 4.38. The number of ketones is 1. The Labute approximate surface area is 109 Å². The largest absolute Gasteiger partial charge is 0.450 e. The summed E-state index contributed by atoms with van der Waals surface area (Å²) in [5.41, 5.74) is 0.222. The minimum atomic E-state index is -4.83. The predicted molar refractivity (Wildman–Crippen MR) is 64.5 cm³/mol. The van der Waals surface area contributed by atoms with Crippen LogP contribution in [0.15, 0.2) is 18.2 Å². The third kappa shape index (κ3) is 3.78. The highest BCUT2D eigenvalue weighted by Gasteiger charge is 2.41. The van der Waals surface area contributed by atoms with Gasteiger partial charge in [0.1, 0.15) is 5.82 Å². The molecular weight excluding hydrogens is 260 g/mol. The Hall–Kier alpha value is -1.39. The second-order valence-electron chi connectivity index (χ2n) is 5.14. The number of alkyl halides is 3. The van der Waals surface area contributed by atoms with Crippen molar-refractivity contribution in [2.24, 2.45) is 0 Å². The van der Waals surface area contributed by atoms with E-state index < -0.39 is 29.6 Å². The smallest absolute Gasteiger partial charge is 0.290 e. The van der Waals surface area contributed by atoms with Gasteiger partial charge in [0.25, 0.3) is 0 Å². The van der Waals surface area contributed by atoms with E-state index in [-0.39, 0.29) is 0 Å². The van der Waals surface area contributed by atoms with Crippen molar-refractivity contribution in [3.63, 3.8) is 0 Å². The molecule has 0 aliphatic carbocycles. The normalized spacial score (nSPS) is 12.6. The van der Waals surface area contributed by atoms with Gasteiger partial charge in [0.15, 0.2) is 0 Å². The maximum atomic E-state index is 13.1. The van der Waals surface area contributed by atoms with E-state index in [1.807, 2.05) is 0 Å². The molecule has 0 bridgehead atoms. The summed E-state index contributed by atoms with van der Waals surface area (Å²) in [5, 5.41) is 0. The average Bonchev–Trinajstić information content (AvgIpc) is 2.26. The standard InChI is InChI=1S/C14H16F4O/c1-4-9-7-10(15)5-6-11(9)13(2,3)8-12(19)14(16,17)18/h5-7H,4,8H2,1-3H3. The van der Waals surface area contributed by atoms with Crippen LogP contribution in [0, 0.1) is 5.82 Å². The molecule has 1 nitrogen and oxygen atoms in total. The molecule has 0 saturated heterocycles. The molecule has 1 aromatic carbocycles. The topological polar surface area (TPSA) is 17.1 Å². The van der Waals surface area contributed by atoms with Crippen molar-refractivity contribution in [1.82, 2.24) is 0 Å². The van der Waals surface area contributed by atoms with Gasteiger partial charge < -0.3 is 0 Å². The van der Waals surface area contributed by atoms with Crippen LogP contribution in [0.4, 0.5) is 17.6 Å². The van der Waals surface area contributed by atoms with E-state index in [1.165, 1.54) is 18.2 Å². The molecule has 1 rings (SSSR count). The van der Waals surface area contributed by atoms with E-state index in [9.17, 15) is 22.4 Å².